The molecule has 1 aliphatic carbocycles. The smallest absolute Gasteiger partial charge is 0.289 e. The first kappa shape index (κ1) is 25.0. The van der Waals surface area contributed by atoms with Crippen LogP contribution in [0.1, 0.15) is 70.1 Å². The van der Waals surface area contributed by atoms with Gasteiger partial charge in [-0.2, -0.15) is 0 Å². The van der Waals surface area contributed by atoms with Crippen LogP contribution in [0.3, 0.4) is 0 Å². The van der Waals surface area contributed by atoms with Crippen molar-refractivity contribution in [2.75, 3.05) is 57.3 Å². The van der Waals surface area contributed by atoms with E-state index in [1.165, 1.54) is 45.3 Å². The number of amides is 1. The van der Waals surface area contributed by atoms with Gasteiger partial charge in [-0.1, -0.05) is 26.7 Å². The lowest BCUT2D eigenvalue weighted by molar-refractivity contribution is 0.0896. The highest BCUT2D eigenvalue weighted by molar-refractivity contribution is 5.93. The minimum atomic E-state index is -0.168. The first-order valence-corrected chi connectivity index (χ1v) is 14.5. The Morgan fingerprint density at radius 3 is 2.32 bits per heavy atom. The minimum absolute atomic E-state index is 0. The van der Waals surface area contributed by atoms with E-state index < -0.39 is 0 Å². The number of likely N-dealkylation sites (tertiary alicyclic amines) is 2. The fraction of sp³-hybridized carbons (Fsp3) is 0.724. The molecule has 2 aromatic rings. The molecule has 5 heterocycles. The second-order valence-electron chi connectivity index (χ2n) is 12.5. The van der Waals surface area contributed by atoms with Gasteiger partial charge >= 0.3 is 0 Å². The fourth-order valence-electron chi connectivity index (χ4n) is 6.96. The zero-order valence-electron chi connectivity index (χ0n) is 22.9. The van der Waals surface area contributed by atoms with E-state index in [9.17, 15) is 4.79 Å². The molecule has 4 fully saturated rings. The summed E-state index contributed by atoms with van der Waals surface area (Å²) < 4.78 is 0. The maximum Gasteiger partial charge on any atom is 0.289 e. The fourth-order valence-corrected chi connectivity index (χ4v) is 6.96. The van der Waals surface area contributed by atoms with Crippen molar-refractivity contribution in [3.8, 4) is 0 Å². The van der Waals surface area contributed by atoms with Gasteiger partial charge in [0, 0.05) is 59.8 Å². The summed E-state index contributed by atoms with van der Waals surface area (Å²) in [6.07, 6.45) is 6.98. The summed E-state index contributed by atoms with van der Waals surface area (Å²) >= 11 is 0. The van der Waals surface area contributed by atoms with Crippen molar-refractivity contribution >= 4 is 22.8 Å². The van der Waals surface area contributed by atoms with Crippen LogP contribution in [0.5, 0.6) is 0 Å². The van der Waals surface area contributed by atoms with Gasteiger partial charge in [-0.15, -0.1) is 0 Å². The number of anilines is 1. The van der Waals surface area contributed by atoms with E-state index in [1.54, 1.807) is 0 Å². The molecule has 2 atom stereocenters. The first-order chi connectivity index (χ1) is 17.9. The van der Waals surface area contributed by atoms with Crippen LogP contribution in [-0.2, 0) is 0 Å². The summed E-state index contributed by atoms with van der Waals surface area (Å²) in [5.41, 5.74) is 2.90. The number of pyridine rings is 1. The zero-order valence-corrected chi connectivity index (χ0v) is 22.9. The molecule has 1 N–H and O–H groups in total. The standard InChI is InChI=1S/C29H43N7O.H2/c1-20-26-24(8-9-25(33-26)36-12-6-4-5-7-13-36)32-27(30-20)28(37)31-21-10-14-34(15-11-21)16-17-35-18-22-23(19-35)29(22,2)3;/h8-9,21-23H,4-7,10-19H2,1-3H3,(H,31,37);1H. The molecule has 202 valence electrons. The van der Waals surface area contributed by atoms with E-state index in [0.717, 1.165) is 79.9 Å². The molecule has 4 aliphatic rings. The predicted octanol–water partition coefficient (Wildman–Crippen LogP) is 3.74. The Hall–Kier alpha value is -2.32. The number of carbonyl (C=O) groups excluding carboxylic acids is 1. The summed E-state index contributed by atoms with van der Waals surface area (Å²) in [5.74, 6) is 2.93. The monoisotopic (exact) mass is 507 g/mol. The summed E-state index contributed by atoms with van der Waals surface area (Å²) in [6.45, 7) is 15.8. The molecule has 0 aromatic carbocycles. The molecule has 8 heteroatoms. The summed E-state index contributed by atoms with van der Waals surface area (Å²) in [4.78, 5) is 34.7. The van der Waals surface area contributed by atoms with E-state index in [1.807, 2.05) is 19.1 Å². The van der Waals surface area contributed by atoms with Gasteiger partial charge < -0.3 is 20.0 Å². The maximum absolute atomic E-state index is 13.0. The quantitative estimate of drug-likeness (QED) is 0.638. The van der Waals surface area contributed by atoms with Crippen molar-refractivity contribution in [2.45, 2.75) is 65.3 Å². The molecule has 6 rings (SSSR count). The number of hydrogen-bond donors (Lipinski definition) is 1. The highest BCUT2D eigenvalue weighted by Gasteiger charge is 2.61. The lowest BCUT2D eigenvalue weighted by Crippen LogP contribution is -2.46. The Morgan fingerprint density at radius 1 is 0.946 bits per heavy atom. The van der Waals surface area contributed by atoms with E-state index >= 15 is 0 Å². The molecule has 0 bridgehead atoms. The predicted molar refractivity (Wildman–Crippen MR) is 149 cm³/mol. The third kappa shape index (κ3) is 5.19. The van der Waals surface area contributed by atoms with Gasteiger partial charge in [0.25, 0.3) is 5.91 Å². The lowest BCUT2D eigenvalue weighted by atomic mass is 10.0. The van der Waals surface area contributed by atoms with Gasteiger partial charge in [-0.3, -0.25) is 4.79 Å². The van der Waals surface area contributed by atoms with Crippen molar-refractivity contribution in [1.82, 2.24) is 30.1 Å². The molecule has 2 aromatic heterocycles. The van der Waals surface area contributed by atoms with Crippen LogP contribution in [0.2, 0.25) is 0 Å². The summed E-state index contributed by atoms with van der Waals surface area (Å²) in [7, 11) is 0. The Balaban J connectivity index is 0.00000294. The van der Waals surface area contributed by atoms with Gasteiger partial charge in [0.05, 0.1) is 11.2 Å². The largest absolute Gasteiger partial charge is 0.357 e. The highest BCUT2D eigenvalue weighted by atomic mass is 16.2. The second-order valence-corrected chi connectivity index (χ2v) is 12.5. The maximum atomic E-state index is 13.0. The number of hydrogen-bond acceptors (Lipinski definition) is 7. The van der Waals surface area contributed by atoms with E-state index in [0.29, 0.717) is 5.41 Å². The number of fused-ring (bicyclic) bond motifs is 2. The molecule has 3 aliphatic heterocycles. The first-order valence-electron chi connectivity index (χ1n) is 14.5. The number of aryl methyl sites for hydroxylation is 1. The number of carbonyl (C=O) groups is 1. The number of rotatable bonds is 6. The molecule has 2 unspecified atom stereocenters. The van der Waals surface area contributed by atoms with Crippen molar-refractivity contribution < 1.29 is 6.22 Å². The van der Waals surface area contributed by atoms with E-state index in [4.69, 9.17) is 4.98 Å². The Morgan fingerprint density at radius 2 is 1.62 bits per heavy atom. The lowest BCUT2D eigenvalue weighted by Gasteiger charge is -2.33. The van der Waals surface area contributed by atoms with Gasteiger partial charge in [0.2, 0.25) is 5.82 Å². The summed E-state index contributed by atoms with van der Waals surface area (Å²) in [6, 6.07) is 4.23. The molecule has 0 radical (unpaired) electrons. The Labute approximate surface area is 222 Å². The van der Waals surface area contributed by atoms with E-state index in [-0.39, 0.29) is 19.2 Å². The Kier molecular flexibility index (Phi) is 6.82. The number of nitrogens with one attached hydrogen (secondary N) is 1. The molecule has 3 saturated heterocycles. The van der Waals surface area contributed by atoms with Crippen LogP contribution in [0, 0.1) is 24.2 Å². The molecule has 37 heavy (non-hydrogen) atoms. The van der Waals surface area contributed by atoms with Gasteiger partial charge in [-0.05, 0) is 62.0 Å². The molecular formula is C29H45N7O. The normalized spacial score (nSPS) is 26.7. The molecule has 1 saturated carbocycles. The van der Waals surface area contributed by atoms with Gasteiger partial charge in [-0.25, -0.2) is 15.0 Å². The molecule has 0 spiro atoms. The third-order valence-corrected chi connectivity index (χ3v) is 9.69. The SMILES string of the molecule is Cc1nc(C(=O)NC2CCN(CCN3CC4C(C3)C4(C)C)CC2)nc2ccc(N3CCCCCC3)nc12.[HH]. The highest BCUT2D eigenvalue weighted by Crippen LogP contribution is 2.61. The summed E-state index contributed by atoms with van der Waals surface area (Å²) in [5, 5.41) is 3.21. The zero-order chi connectivity index (χ0) is 25.6. The van der Waals surface area contributed by atoms with Crippen LogP contribution in [-0.4, -0.2) is 89.1 Å². The van der Waals surface area contributed by atoms with Gasteiger partial charge in [0.15, 0.2) is 0 Å². The van der Waals surface area contributed by atoms with Crippen molar-refractivity contribution in [1.29, 1.82) is 0 Å². The van der Waals surface area contributed by atoms with E-state index in [2.05, 4.69) is 43.8 Å². The van der Waals surface area contributed by atoms with Crippen LogP contribution in [0.25, 0.3) is 11.0 Å². The Bertz CT molecular complexity index is 1130. The number of nitrogens with zero attached hydrogens (tertiary/aromatic N) is 6. The number of piperidine rings is 2. The van der Waals surface area contributed by atoms with Crippen LogP contribution in [0.15, 0.2) is 12.1 Å². The molecule has 1 amide bonds. The van der Waals surface area contributed by atoms with Crippen LogP contribution in [0.4, 0.5) is 5.82 Å². The average molecular weight is 508 g/mol. The molecule has 8 nitrogen and oxygen atoms in total. The minimum Gasteiger partial charge on any atom is -0.357 e. The third-order valence-electron chi connectivity index (χ3n) is 9.69. The van der Waals surface area contributed by atoms with Crippen LogP contribution >= 0.6 is 0 Å². The topological polar surface area (TPSA) is 77.5 Å². The second kappa shape index (κ2) is 10.1. The van der Waals surface area contributed by atoms with Crippen molar-refractivity contribution in [3.63, 3.8) is 0 Å². The average Bonchev–Trinajstić information content (AvgIpc) is 3.26. The molecular weight excluding hydrogens is 462 g/mol. The number of aromatic nitrogens is 3. The van der Waals surface area contributed by atoms with Crippen LogP contribution < -0.4 is 10.2 Å². The van der Waals surface area contributed by atoms with Crippen molar-refractivity contribution in [2.24, 2.45) is 17.3 Å². The van der Waals surface area contributed by atoms with Crippen molar-refractivity contribution in [3.05, 3.63) is 23.7 Å². The van der Waals surface area contributed by atoms with Gasteiger partial charge in [0.1, 0.15) is 11.3 Å².